The van der Waals surface area contributed by atoms with Crippen LogP contribution in [0.1, 0.15) is 54.4 Å². The van der Waals surface area contributed by atoms with E-state index in [1.165, 1.54) is 11.0 Å². The van der Waals surface area contributed by atoms with Gasteiger partial charge in [-0.1, -0.05) is 49.6 Å². The van der Waals surface area contributed by atoms with E-state index in [0.717, 1.165) is 37.7 Å². The molecule has 4 aliphatic rings. The number of ketones is 1. The first-order valence-corrected chi connectivity index (χ1v) is 13.7. The number of hydrogen-bond donors (Lipinski definition) is 0. The highest BCUT2D eigenvalue weighted by Gasteiger charge is 2.48. The Kier molecular flexibility index (Phi) is 6.81. The summed E-state index contributed by atoms with van der Waals surface area (Å²) in [7, 11) is 0. The molecule has 0 unspecified atom stereocenters. The van der Waals surface area contributed by atoms with Crippen molar-refractivity contribution in [2.45, 2.75) is 51.0 Å². The number of carbonyl (C=O) groups is 4. The summed E-state index contributed by atoms with van der Waals surface area (Å²) in [5.41, 5.74) is 1.57. The molecule has 9 heteroatoms. The van der Waals surface area contributed by atoms with Gasteiger partial charge in [-0.2, -0.15) is 0 Å². The topological polar surface area (TPSA) is 96.5 Å². The maximum absolute atomic E-state index is 13.9. The molecule has 3 aliphatic heterocycles. The zero-order chi connectivity index (χ0) is 26.9. The fraction of sp³-hybridized carbons (Fsp3) is 0.400. The summed E-state index contributed by atoms with van der Waals surface area (Å²) in [6.45, 7) is 0.562. The van der Waals surface area contributed by atoms with Crippen LogP contribution in [0.3, 0.4) is 0 Å². The van der Waals surface area contributed by atoms with Gasteiger partial charge in [-0.15, -0.1) is 0 Å². The summed E-state index contributed by atoms with van der Waals surface area (Å²) >= 11 is 0. The fourth-order valence-corrected chi connectivity index (χ4v) is 6.02. The Balaban J connectivity index is 1.29. The predicted octanol–water partition coefficient (Wildman–Crippen LogP) is 4.13. The largest absolute Gasteiger partial charge is 0.485 e. The van der Waals surface area contributed by atoms with Crippen molar-refractivity contribution >= 4 is 23.7 Å². The minimum atomic E-state index is -0.650. The Hall–Kier alpha value is -4.14. The van der Waals surface area contributed by atoms with Gasteiger partial charge in [-0.25, -0.2) is 4.79 Å². The quantitative estimate of drug-likeness (QED) is 0.578. The van der Waals surface area contributed by atoms with Crippen LogP contribution in [0.25, 0.3) is 0 Å². The number of fused-ring (bicyclic) bond motifs is 2. The molecule has 1 saturated heterocycles. The summed E-state index contributed by atoms with van der Waals surface area (Å²) in [6, 6.07) is 14.0. The van der Waals surface area contributed by atoms with E-state index in [9.17, 15) is 19.2 Å². The van der Waals surface area contributed by atoms with E-state index in [4.69, 9.17) is 9.47 Å². The minimum Gasteiger partial charge on any atom is -0.485 e. The first-order chi connectivity index (χ1) is 19.0. The van der Waals surface area contributed by atoms with Gasteiger partial charge in [0.15, 0.2) is 6.61 Å². The molecule has 1 aliphatic carbocycles. The average Bonchev–Trinajstić information content (AvgIpc) is 3.33. The van der Waals surface area contributed by atoms with E-state index in [1.807, 2.05) is 30.3 Å². The molecule has 2 aromatic carbocycles. The molecule has 202 valence electrons. The molecule has 1 atom stereocenters. The number of amides is 3. The summed E-state index contributed by atoms with van der Waals surface area (Å²) < 4.78 is 11.1. The van der Waals surface area contributed by atoms with Crippen molar-refractivity contribution in [1.29, 1.82) is 0 Å². The van der Waals surface area contributed by atoms with Crippen LogP contribution in [0, 0.1) is 5.92 Å². The third-order valence-electron chi connectivity index (χ3n) is 8.05. The van der Waals surface area contributed by atoms with Crippen LogP contribution in [0.4, 0.5) is 4.79 Å². The molecule has 2 fully saturated rings. The van der Waals surface area contributed by atoms with E-state index in [2.05, 4.69) is 0 Å². The average molecular weight is 530 g/mol. The van der Waals surface area contributed by atoms with Gasteiger partial charge in [0.25, 0.3) is 0 Å². The maximum Gasteiger partial charge on any atom is 0.420 e. The van der Waals surface area contributed by atoms with Crippen molar-refractivity contribution in [3.63, 3.8) is 0 Å². The van der Waals surface area contributed by atoms with Crippen molar-refractivity contribution < 1.29 is 28.7 Å². The smallest absolute Gasteiger partial charge is 0.420 e. The van der Waals surface area contributed by atoms with Crippen molar-refractivity contribution in [3.05, 3.63) is 71.7 Å². The molecule has 9 nitrogen and oxygen atoms in total. The molecule has 0 spiro atoms. The zero-order valence-electron chi connectivity index (χ0n) is 21.7. The van der Waals surface area contributed by atoms with Crippen molar-refractivity contribution in [2.24, 2.45) is 5.92 Å². The van der Waals surface area contributed by atoms with Crippen molar-refractivity contribution in [2.75, 3.05) is 19.7 Å². The fourth-order valence-electron chi connectivity index (χ4n) is 6.02. The number of nitrogens with zero attached hydrogens (tertiary/aromatic N) is 3. The lowest BCUT2D eigenvalue weighted by molar-refractivity contribution is -0.151. The van der Waals surface area contributed by atoms with Crippen LogP contribution in [-0.2, 0) is 16.0 Å². The second kappa shape index (κ2) is 10.6. The van der Waals surface area contributed by atoms with Gasteiger partial charge in [0.05, 0.1) is 5.56 Å². The lowest BCUT2D eigenvalue weighted by atomic mass is 9.81. The van der Waals surface area contributed by atoms with Gasteiger partial charge < -0.3 is 14.4 Å². The van der Waals surface area contributed by atoms with Crippen LogP contribution in [0.15, 0.2) is 60.6 Å². The lowest BCUT2D eigenvalue weighted by Crippen LogP contribution is -2.62. The highest BCUT2D eigenvalue weighted by molar-refractivity contribution is 6.02. The van der Waals surface area contributed by atoms with Crippen LogP contribution < -0.4 is 9.47 Å². The molecule has 3 amide bonds. The standard InChI is InChI=1S/C30H31N3O6/c34-24-19-38-25-17-22(11-12-23(24)25)39-30(37)32-16-14-27(35)33-26(32)18-31(15-13-20-7-3-1-4-8-20)29(36)28(33)21-9-5-2-6-10-21/h1,3-4,7-8,11-12,17-18,21,28H,2,5-6,9-10,13-16,19H2/t28-/m0/s1. The van der Waals surface area contributed by atoms with Crippen molar-refractivity contribution in [1.82, 2.24) is 14.7 Å². The second-order valence-corrected chi connectivity index (χ2v) is 10.5. The second-order valence-electron chi connectivity index (χ2n) is 10.5. The van der Waals surface area contributed by atoms with E-state index in [0.29, 0.717) is 30.1 Å². The molecular formula is C30H31N3O6. The Morgan fingerprint density at radius 2 is 1.79 bits per heavy atom. The van der Waals surface area contributed by atoms with E-state index in [-0.39, 0.29) is 48.8 Å². The Bertz CT molecular complexity index is 1330. The maximum atomic E-state index is 13.9. The van der Waals surface area contributed by atoms with Crippen molar-refractivity contribution in [3.8, 4) is 11.5 Å². The highest BCUT2D eigenvalue weighted by atomic mass is 16.6. The number of ether oxygens (including phenoxy) is 2. The number of Topliss-reactive ketones (excluding diaryl/α,β-unsaturated/α-hetero) is 1. The van der Waals surface area contributed by atoms with E-state index < -0.39 is 12.1 Å². The normalized spacial score (nSPS) is 21.3. The van der Waals surface area contributed by atoms with Crippen LogP contribution in [0.2, 0.25) is 0 Å². The molecular weight excluding hydrogens is 498 g/mol. The first-order valence-electron chi connectivity index (χ1n) is 13.7. The predicted molar refractivity (Wildman–Crippen MR) is 141 cm³/mol. The Labute approximate surface area is 226 Å². The summed E-state index contributed by atoms with van der Waals surface area (Å²) in [5.74, 6) is 0.691. The van der Waals surface area contributed by atoms with Crippen LogP contribution >= 0.6 is 0 Å². The van der Waals surface area contributed by atoms with Gasteiger partial charge in [0.1, 0.15) is 23.4 Å². The summed E-state index contributed by atoms with van der Waals surface area (Å²) in [5, 5.41) is 0. The Morgan fingerprint density at radius 1 is 1.00 bits per heavy atom. The van der Waals surface area contributed by atoms with Gasteiger partial charge in [-0.05, 0) is 42.9 Å². The number of hydrogen-bond acceptors (Lipinski definition) is 6. The third kappa shape index (κ3) is 4.89. The third-order valence-corrected chi connectivity index (χ3v) is 8.05. The molecule has 39 heavy (non-hydrogen) atoms. The zero-order valence-corrected chi connectivity index (χ0v) is 21.7. The summed E-state index contributed by atoms with van der Waals surface area (Å²) in [4.78, 5) is 57.1. The minimum absolute atomic E-state index is 0.0295. The van der Waals surface area contributed by atoms with Gasteiger partial charge >= 0.3 is 6.09 Å². The molecule has 1 saturated carbocycles. The SMILES string of the molecule is O=C1COc2cc(OC(=O)N3CCC(=O)N4C3=CN(CCc3ccccc3)C(=O)[C@@H]4C3CCCCC3)ccc21. The molecule has 3 heterocycles. The monoisotopic (exact) mass is 529 g/mol. The van der Waals surface area contributed by atoms with E-state index in [1.54, 1.807) is 28.1 Å². The van der Waals surface area contributed by atoms with E-state index >= 15 is 0 Å². The van der Waals surface area contributed by atoms with Crippen LogP contribution in [-0.4, -0.2) is 64.1 Å². The summed E-state index contributed by atoms with van der Waals surface area (Å²) in [6.07, 6.45) is 6.66. The van der Waals surface area contributed by atoms with Gasteiger partial charge in [0, 0.05) is 31.8 Å². The number of carbonyl (C=O) groups excluding carboxylic acids is 4. The van der Waals surface area contributed by atoms with Gasteiger partial charge in [-0.3, -0.25) is 24.2 Å². The molecule has 2 aromatic rings. The van der Waals surface area contributed by atoms with Gasteiger partial charge in [0.2, 0.25) is 17.6 Å². The molecule has 6 rings (SSSR count). The lowest BCUT2D eigenvalue weighted by Gasteiger charge is -2.48. The number of rotatable bonds is 5. The molecule has 0 bridgehead atoms. The van der Waals surface area contributed by atoms with Crippen LogP contribution in [0.5, 0.6) is 11.5 Å². The molecule has 0 N–H and O–H groups in total. The highest BCUT2D eigenvalue weighted by Crippen LogP contribution is 2.37. The Morgan fingerprint density at radius 3 is 2.59 bits per heavy atom. The number of benzene rings is 2. The first kappa shape index (κ1) is 25.2. The molecule has 0 aromatic heterocycles. The molecule has 0 radical (unpaired) electrons.